The Kier molecular flexibility index (Phi) is 8.73. The first-order chi connectivity index (χ1) is 18.3. The lowest BCUT2D eigenvalue weighted by atomic mass is 9.77. The summed E-state index contributed by atoms with van der Waals surface area (Å²) in [5.74, 6) is -2.27. The van der Waals surface area contributed by atoms with E-state index in [0.29, 0.717) is 24.2 Å². The molecule has 1 aliphatic carbocycles. The summed E-state index contributed by atoms with van der Waals surface area (Å²) >= 11 is 7.41. The average molecular weight is 560 g/mol. The van der Waals surface area contributed by atoms with Gasteiger partial charge < -0.3 is 20.3 Å². The van der Waals surface area contributed by atoms with E-state index in [1.165, 1.54) is 30.0 Å². The standard InChI is InChI=1S/C27H27ClFN3O5S/c1-2-38-25-21(22(32-37-25)20-18(28)11-6-12-19(20)29)24(34)36-27(26(30)35)13-7-8-16(14-27)15-31-23(33)17-9-4-3-5-10-17/h3-6,9-12,16H,2,7-8,13-15H2,1H3,(H2,30,35)(H,31,33). The Bertz CT molecular complexity index is 1320. The highest BCUT2D eigenvalue weighted by Gasteiger charge is 2.46. The third-order valence-corrected chi connectivity index (χ3v) is 7.62. The Balaban J connectivity index is 1.58. The Morgan fingerprint density at radius 1 is 1.24 bits per heavy atom. The minimum Gasteiger partial charge on any atom is -0.445 e. The molecule has 3 N–H and O–H groups in total. The number of carbonyl (C=O) groups is 3. The van der Waals surface area contributed by atoms with Gasteiger partial charge in [-0.15, -0.1) is 0 Å². The maximum atomic E-state index is 14.7. The molecule has 200 valence electrons. The molecular weight excluding hydrogens is 533 g/mol. The molecule has 2 atom stereocenters. The van der Waals surface area contributed by atoms with Crippen molar-refractivity contribution in [1.82, 2.24) is 10.5 Å². The van der Waals surface area contributed by atoms with Gasteiger partial charge in [-0.3, -0.25) is 9.59 Å². The van der Waals surface area contributed by atoms with Crippen molar-refractivity contribution in [2.75, 3.05) is 12.3 Å². The van der Waals surface area contributed by atoms with Crippen LogP contribution in [0.2, 0.25) is 5.02 Å². The van der Waals surface area contributed by atoms with Gasteiger partial charge in [0.05, 0.1) is 10.6 Å². The van der Waals surface area contributed by atoms with Crippen molar-refractivity contribution in [3.05, 3.63) is 70.5 Å². The first kappa shape index (κ1) is 27.7. The molecule has 4 rings (SSSR count). The fraction of sp³-hybridized carbons (Fsp3) is 0.333. The summed E-state index contributed by atoms with van der Waals surface area (Å²) in [7, 11) is 0. The number of carbonyl (C=O) groups excluding carboxylic acids is 3. The largest absolute Gasteiger partial charge is 0.445 e. The van der Waals surface area contributed by atoms with E-state index in [-0.39, 0.29) is 58.1 Å². The van der Waals surface area contributed by atoms with E-state index in [9.17, 15) is 18.8 Å². The van der Waals surface area contributed by atoms with Crippen LogP contribution in [0.15, 0.2) is 58.1 Å². The molecule has 1 aromatic heterocycles. The van der Waals surface area contributed by atoms with Crippen LogP contribution in [0.4, 0.5) is 4.39 Å². The molecule has 11 heteroatoms. The van der Waals surface area contributed by atoms with E-state index in [1.807, 2.05) is 13.0 Å². The number of thioether (sulfide) groups is 1. The smallest absolute Gasteiger partial charge is 0.346 e. The second kappa shape index (κ2) is 12.0. The van der Waals surface area contributed by atoms with E-state index >= 15 is 0 Å². The van der Waals surface area contributed by atoms with Crippen molar-refractivity contribution >= 4 is 41.1 Å². The van der Waals surface area contributed by atoms with Crippen LogP contribution in [-0.2, 0) is 9.53 Å². The molecule has 1 fully saturated rings. The number of halogens is 2. The van der Waals surface area contributed by atoms with Gasteiger partial charge in [-0.2, -0.15) is 0 Å². The zero-order valence-electron chi connectivity index (χ0n) is 20.7. The number of hydrogen-bond acceptors (Lipinski definition) is 7. The minimum atomic E-state index is -1.61. The molecule has 2 unspecified atom stereocenters. The van der Waals surface area contributed by atoms with Gasteiger partial charge in [0.15, 0.2) is 5.60 Å². The van der Waals surface area contributed by atoms with Crippen LogP contribution >= 0.6 is 23.4 Å². The maximum absolute atomic E-state index is 14.7. The number of primary amides is 1. The molecule has 2 amide bonds. The third kappa shape index (κ3) is 5.86. The van der Waals surface area contributed by atoms with Crippen molar-refractivity contribution in [2.24, 2.45) is 11.7 Å². The Morgan fingerprint density at radius 3 is 2.68 bits per heavy atom. The summed E-state index contributed by atoms with van der Waals surface area (Å²) in [6.45, 7) is 2.12. The quantitative estimate of drug-likeness (QED) is 0.271. The van der Waals surface area contributed by atoms with Crippen LogP contribution in [0.5, 0.6) is 0 Å². The number of ether oxygens (including phenoxy) is 1. The second-order valence-electron chi connectivity index (χ2n) is 9.01. The van der Waals surface area contributed by atoms with Crippen LogP contribution < -0.4 is 11.1 Å². The number of hydrogen-bond donors (Lipinski definition) is 2. The fourth-order valence-electron chi connectivity index (χ4n) is 4.62. The molecular formula is C27H27ClFN3O5S. The molecule has 0 bridgehead atoms. The molecule has 0 aliphatic heterocycles. The maximum Gasteiger partial charge on any atom is 0.346 e. The highest BCUT2D eigenvalue weighted by atomic mass is 35.5. The molecule has 1 saturated carbocycles. The molecule has 8 nitrogen and oxygen atoms in total. The molecule has 0 radical (unpaired) electrons. The molecule has 2 aromatic carbocycles. The summed E-state index contributed by atoms with van der Waals surface area (Å²) < 4.78 is 25.9. The zero-order valence-corrected chi connectivity index (χ0v) is 22.2. The van der Waals surface area contributed by atoms with Gasteiger partial charge in [-0.05, 0) is 55.2 Å². The van der Waals surface area contributed by atoms with Crippen LogP contribution in [0.3, 0.4) is 0 Å². The van der Waals surface area contributed by atoms with Crippen molar-refractivity contribution in [3.8, 4) is 11.3 Å². The molecule has 3 aromatic rings. The van der Waals surface area contributed by atoms with Crippen LogP contribution in [0.25, 0.3) is 11.3 Å². The van der Waals surface area contributed by atoms with E-state index in [2.05, 4.69) is 10.5 Å². The van der Waals surface area contributed by atoms with E-state index in [4.69, 9.17) is 26.6 Å². The first-order valence-corrected chi connectivity index (χ1v) is 13.6. The van der Waals surface area contributed by atoms with Crippen molar-refractivity contribution in [1.29, 1.82) is 0 Å². The van der Waals surface area contributed by atoms with Gasteiger partial charge in [0, 0.05) is 18.5 Å². The number of nitrogens with zero attached hydrogens (tertiary/aromatic N) is 1. The topological polar surface area (TPSA) is 125 Å². The van der Waals surface area contributed by atoms with Gasteiger partial charge >= 0.3 is 5.97 Å². The first-order valence-electron chi connectivity index (χ1n) is 12.2. The summed E-state index contributed by atoms with van der Waals surface area (Å²) in [4.78, 5) is 38.8. The van der Waals surface area contributed by atoms with Gasteiger partial charge in [-0.1, -0.05) is 59.7 Å². The lowest BCUT2D eigenvalue weighted by Crippen LogP contribution is -2.52. The predicted octanol–water partition coefficient (Wildman–Crippen LogP) is 5.25. The number of esters is 1. The average Bonchev–Trinajstić information content (AvgIpc) is 3.31. The van der Waals surface area contributed by atoms with Gasteiger partial charge in [-0.25, -0.2) is 9.18 Å². The lowest BCUT2D eigenvalue weighted by Gasteiger charge is -2.37. The monoisotopic (exact) mass is 559 g/mol. The summed E-state index contributed by atoms with van der Waals surface area (Å²) in [5, 5.41) is 6.95. The molecule has 38 heavy (non-hydrogen) atoms. The molecule has 0 saturated heterocycles. The molecule has 1 heterocycles. The van der Waals surface area contributed by atoms with Gasteiger partial charge in [0.1, 0.15) is 17.1 Å². The summed E-state index contributed by atoms with van der Waals surface area (Å²) in [6.07, 6.45) is 1.60. The number of nitrogens with two attached hydrogens (primary N) is 1. The number of benzene rings is 2. The van der Waals surface area contributed by atoms with E-state index in [0.717, 1.165) is 0 Å². The number of aromatic nitrogens is 1. The lowest BCUT2D eigenvalue weighted by molar-refractivity contribution is -0.142. The summed E-state index contributed by atoms with van der Waals surface area (Å²) in [5.41, 5.74) is 4.34. The van der Waals surface area contributed by atoms with Gasteiger partial charge in [0.25, 0.3) is 11.8 Å². The Labute approximate surface area is 228 Å². The fourth-order valence-corrected chi connectivity index (χ4v) is 5.55. The number of amides is 2. The molecule has 0 spiro atoms. The van der Waals surface area contributed by atoms with Crippen molar-refractivity contribution < 1.29 is 28.0 Å². The van der Waals surface area contributed by atoms with Crippen molar-refractivity contribution in [3.63, 3.8) is 0 Å². The normalized spacial score (nSPS) is 19.1. The predicted molar refractivity (Wildman–Crippen MR) is 141 cm³/mol. The third-order valence-electron chi connectivity index (χ3n) is 6.48. The van der Waals surface area contributed by atoms with Crippen LogP contribution in [0.1, 0.15) is 53.3 Å². The second-order valence-corrected chi connectivity index (χ2v) is 10.7. The molecule has 1 aliphatic rings. The Hall–Kier alpha value is -3.37. The minimum absolute atomic E-state index is 0.0388. The highest BCUT2D eigenvalue weighted by Crippen LogP contribution is 2.40. The number of nitrogens with one attached hydrogen (secondary N) is 1. The zero-order chi connectivity index (χ0) is 27.3. The number of rotatable bonds is 9. The van der Waals surface area contributed by atoms with Crippen molar-refractivity contribution in [2.45, 2.75) is 43.3 Å². The highest BCUT2D eigenvalue weighted by molar-refractivity contribution is 7.99. The SMILES string of the molecule is CCSc1onc(-c2c(F)cccc2Cl)c1C(=O)OC1(C(N)=O)CCCC(CNC(=O)c2ccccc2)C1. The van der Waals surface area contributed by atoms with Crippen LogP contribution in [-0.4, -0.2) is 40.8 Å². The van der Waals surface area contributed by atoms with Gasteiger partial charge in [0.2, 0.25) is 5.09 Å². The van der Waals surface area contributed by atoms with E-state index < -0.39 is 23.3 Å². The summed E-state index contributed by atoms with van der Waals surface area (Å²) in [6, 6.07) is 12.9. The van der Waals surface area contributed by atoms with E-state index in [1.54, 1.807) is 24.3 Å². The van der Waals surface area contributed by atoms with Crippen LogP contribution in [0, 0.1) is 11.7 Å². The Morgan fingerprint density at radius 2 is 2.00 bits per heavy atom.